The Morgan fingerprint density at radius 2 is 1.61 bits per heavy atom. The molecule has 0 aliphatic rings. The number of alkyl halides is 5. The highest BCUT2D eigenvalue weighted by Gasteiger charge is 2.30. The molecule has 0 saturated carbocycles. The summed E-state index contributed by atoms with van der Waals surface area (Å²) in [4.78, 5) is 12.8. The molecule has 0 fully saturated rings. The maximum atomic E-state index is 12.9. The van der Waals surface area contributed by atoms with Gasteiger partial charge in [-0.3, -0.25) is 10.1 Å². The van der Waals surface area contributed by atoms with Gasteiger partial charge in [0.05, 0.1) is 5.56 Å². The van der Waals surface area contributed by atoms with Crippen molar-refractivity contribution in [1.29, 1.82) is 0 Å². The summed E-state index contributed by atoms with van der Waals surface area (Å²) in [6.45, 7) is -1.07. The predicted molar refractivity (Wildman–Crippen MR) is 127 cm³/mol. The third-order valence-electron chi connectivity index (χ3n) is 5.78. The molecule has 2 N–H and O–H groups in total. The number of benzene rings is 3. The molecule has 1 amide bonds. The molecular formula is C27H27F5N2O2. The summed E-state index contributed by atoms with van der Waals surface area (Å²) in [5, 5.41) is 5.94. The number of carbonyl (C=O) groups is 1. The zero-order chi connectivity index (χ0) is 26.3. The van der Waals surface area contributed by atoms with Crippen LogP contribution in [0.2, 0.25) is 0 Å². The van der Waals surface area contributed by atoms with Crippen molar-refractivity contribution in [2.45, 2.75) is 44.6 Å². The predicted octanol–water partition coefficient (Wildman–Crippen LogP) is 6.37. The summed E-state index contributed by atoms with van der Waals surface area (Å²) in [7, 11) is 1.51. The van der Waals surface area contributed by atoms with E-state index in [2.05, 4.69) is 15.4 Å². The molecule has 1 unspecified atom stereocenters. The number of hydrogen-bond donors (Lipinski definition) is 2. The maximum Gasteiger partial charge on any atom is 0.416 e. The molecule has 192 valence electrons. The van der Waals surface area contributed by atoms with Gasteiger partial charge in [-0.25, -0.2) is 0 Å². The molecule has 3 aromatic carbocycles. The van der Waals surface area contributed by atoms with Crippen LogP contribution >= 0.6 is 0 Å². The van der Waals surface area contributed by atoms with Crippen molar-refractivity contribution in [1.82, 2.24) is 10.6 Å². The maximum absolute atomic E-state index is 12.9. The highest BCUT2D eigenvalue weighted by Crippen LogP contribution is 2.31. The van der Waals surface area contributed by atoms with Crippen molar-refractivity contribution in [3.63, 3.8) is 0 Å². The van der Waals surface area contributed by atoms with Crippen LogP contribution in [0.3, 0.4) is 0 Å². The summed E-state index contributed by atoms with van der Waals surface area (Å²) < 4.78 is 68.8. The molecule has 3 aromatic rings. The van der Waals surface area contributed by atoms with Crippen molar-refractivity contribution in [2.24, 2.45) is 0 Å². The van der Waals surface area contributed by atoms with Crippen LogP contribution < -0.4 is 15.4 Å². The average Bonchev–Trinajstić information content (AvgIpc) is 2.84. The number of carbonyl (C=O) groups excluding carboxylic acids is 1. The van der Waals surface area contributed by atoms with Crippen molar-refractivity contribution in [3.05, 3.63) is 101 Å². The number of nitrogens with one attached hydrogen (secondary N) is 2. The number of rotatable bonds is 10. The number of aryl methyl sites for hydroxylation is 2. The summed E-state index contributed by atoms with van der Waals surface area (Å²) >= 11 is 0. The van der Waals surface area contributed by atoms with Gasteiger partial charge in [0.1, 0.15) is 11.8 Å². The van der Waals surface area contributed by atoms with Crippen molar-refractivity contribution in [2.75, 3.05) is 7.05 Å². The average molecular weight is 507 g/mol. The molecule has 0 bridgehead atoms. The SMILES string of the molecule is CNC(=O)C(N[C@H](CCc1ccc(C(F)(F)F)cc1)c1cccc(OC(F)F)c1)c1ccc(C)cc1. The van der Waals surface area contributed by atoms with Gasteiger partial charge in [-0.15, -0.1) is 0 Å². The molecular weight excluding hydrogens is 479 g/mol. The van der Waals surface area contributed by atoms with Crippen LogP contribution in [-0.4, -0.2) is 19.6 Å². The number of hydrogen-bond acceptors (Lipinski definition) is 3. The van der Waals surface area contributed by atoms with E-state index in [1.807, 2.05) is 31.2 Å². The van der Waals surface area contributed by atoms with E-state index in [1.165, 1.54) is 31.3 Å². The Morgan fingerprint density at radius 1 is 0.944 bits per heavy atom. The van der Waals surface area contributed by atoms with Gasteiger partial charge < -0.3 is 10.1 Å². The lowest BCUT2D eigenvalue weighted by Crippen LogP contribution is -2.38. The van der Waals surface area contributed by atoms with E-state index in [0.717, 1.165) is 17.7 Å². The molecule has 0 aliphatic heterocycles. The molecule has 36 heavy (non-hydrogen) atoms. The summed E-state index contributed by atoms with van der Waals surface area (Å²) in [5.74, 6) is -0.325. The van der Waals surface area contributed by atoms with Crippen molar-refractivity contribution in [3.8, 4) is 5.75 Å². The van der Waals surface area contributed by atoms with Gasteiger partial charge in [-0.05, 0) is 60.7 Å². The quantitative estimate of drug-likeness (QED) is 0.315. The fourth-order valence-electron chi connectivity index (χ4n) is 3.85. The summed E-state index contributed by atoms with van der Waals surface area (Å²) in [5.41, 5.74) is 2.25. The van der Waals surface area contributed by atoms with Gasteiger partial charge in [-0.2, -0.15) is 22.0 Å². The van der Waals surface area contributed by atoms with E-state index in [-0.39, 0.29) is 11.7 Å². The van der Waals surface area contributed by atoms with Gasteiger partial charge in [-0.1, -0.05) is 54.1 Å². The molecule has 0 spiro atoms. The molecule has 4 nitrogen and oxygen atoms in total. The van der Waals surface area contributed by atoms with Crippen LogP contribution in [0.4, 0.5) is 22.0 Å². The fourth-order valence-corrected chi connectivity index (χ4v) is 3.85. The third kappa shape index (κ3) is 7.52. The van der Waals surface area contributed by atoms with Crippen LogP contribution in [0.15, 0.2) is 72.8 Å². The Morgan fingerprint density at radius 3 is 2.19 bits per heavy atom. The second kappa shape index (κ2) is 12.0. The van der Waals surface area contributed by atoms with Crippen LogP contribution in [0, 0.1) is 6.92 Å². The van der Waals surface area contributed by atoms with Crippen molar-refractivity contribution >= 4 is 5.91 Å². The molecule has 0 saturated heterocycles. The minimum absolute atomic E-state index is 0.0318. The van der Waals surface area contributed by atoms with E-state index in [9.17, 15) is 26.7 Å². The lowest BCUT2D eigenvalue weighted by Gasteiger charge is -2.26. The second-order valence-corrected chi connectivity index (χ2v) is 8.36. The molecule has 9 heteroatoms. The lowest BCUT2D eigenvalue weighted by molar-refractivity contribution is -0.137. The first kappa shape index (κ1) is 27.1. The summed E-state index contributed by atoms with van der Waals surface area (Å²) in [6, 6.07) is 17.2. The first-order valence-corrected chi connectivity index (χ1v) is 11.3. The minimum atomic E-state index is -4.43. The van der Waals surface area contributed by atoms with Gasteiger partial charge >= 0.3 is 12.8 Å². The van der Waals surface area contributed by atoms with Gasteiger partial charge in [0.15, 0.2) is 0 Å². The second-order valence-electron chi connectivity index (χ2n) is 8.36. The van der Waals surface area contributed by atoms with Crippen LogP contribution in [0.1, 0.15) is 46.3 Å². The monoisotopic (exact) mass is 506 g/mol. The van der Waals surface area contributed by atoms with Crippen LogP contribution in [0.25, 0.3) is 0 Å². The largest absolute Gasteiger partial charge is 0.435 e. The number of ether oxygens (including phenoxy) is 1. The Labute approximate surface area is 206 Å². The Kier molecular flexibility index (Phi) is 9.03. The Bertz CT molecular complexity index is 1130. The minimum Gasteiger partial charge on any atom is -0.435 e. The van der Waals surface area contributed by atoms with Crippen LogP contribution in [-0.2, 0) is 17.4 Å². The zero-order valence-corrected chi connectivity index (χ0v) is 19.8. The normalized spacial score (nSPS) is 13.3. The fraction of sp³-hybridized carbons (Fsp3) is 0.296. The van der Waals surface area contributed by atoms with E-state index < -0.39 is 30.4 Å². The zero-order valence-electron chi connectivity index (χ0n) is 19.8. The molecule has 0 aromatic heterocycles. The molecule has 0 heterocycles. The van der Waals surface area contributed by atoms with Gasteiger partial charge in [0.25, 0.3) is 0 Å². The van der Waals surface area contributed by atoms with E-state index >= 15 is 0 Å². The first-order chi connectivity index (χ1) is 17.1. The third-order valence-corrected chi connectivity index (χ3v) is 5.78. The number of halogens is 5. The smallest absolute Gasteiger partial charge is 0.416 e. The van der Waals surface area contributed by atoms with Crippen molar-refractivity contribution < 1.29 is 31.5 Å². The molecule has 2 atom stereocenters. The number of amides is 1. The summed E-state index contributed by atoms with van der Waals surface area (Å²) in [6.07, 6.45) is -3.67. The Hall–Kier alpha value is -3.46. The molecule has 3 rings (SSSR count). The number of likely N-dealkylation sites (N-methyl/N-ethyl adjacent to an activating group) is 1. The van der Waals surface area contributed by atoms with Gasteiger partial charge in [0, 0.05) is 13.1 Å². The standard InChI is InChI=1S/C27H27F5N2O2/c1-17-6-11-19(12-7-17)24(25(35)33-2)34-23(20-4-3-5-22(16-20)36-26(28)29)15-10-18-8-13-21(14-9-18)27(30,31)32/h3-9,11-14,16,23-24,26,34H,10,15H2,1-2H3,(H,33,35)/t23-,24?/m1/s1. The van der Waals surface area contributed by atoms with Gasteiger partial charge in [0.2, 0.25) is 5.91 Å². The molecule has 0 aliphatic carbocycles. The lowest BCUT2D eigenvalue weighted by atomic mass is 9.95. The molecule has 0 radical (unpaired) electrons. The van der Waals surface area contributed by atoms with E-state index in [1.54, 1.807) is 12.1 Å². The highest BCUT2D eigenvalue weighted by molar-refractivity contribution is 5.83. The topological polar surface area (TPSA) is 50.4 Å². The highest BCUT2D eigenvalue weighted by atomic mass is 19.4. The first-order valence-electron chi connectivity index (χ1n) is 11.3. The Balaban J connectivity index is 1.90. The van der Waals surface area contributed by atoms with Crippen LogP contribution in [0.5, 0.6) is 5.75 Å². The van der Waals surface area contributed by atoms with E-state index in [0.29, 0.717) is 29.5 Å². The van der Waals surface area contributed by atoms with E-state index in [4.69, 9.17) is 0 Å².